The molecule has 0 bridgehead atoms. The minimum atomic E-state index is 0.732. The van der Waals surface area contributed by atoms with Gasteiger partial charge in [-0.3, -0.25) is 0 Å². The Labute approximate surface area is 115 Å². The molecule has 0 radical (unpaired) electrons. The number of thiazole rings is 2. The van der Waals surface area contributed by atoms with Crippen LogP contribution in [0.4, 0.5) is 0 Å². The molecular weight excluding hydrogens is 262 g/mol. The van der Waals surface area contributed by atoms with Crippen LogP contribution in [0.25, 0.3) is 0 Å². The summed E-state index contributed by atoms with van der Waals surface area (Å²) in [4.78, 5) is 10.8. The molecule has 1 aliphatic rings. The van der Waals surface area contributed by atoms with Crippen molar-refractivity contribution in [3.63, 3.8) is 0 Å². The second kappa shape index (κ2) is 5.07. The normalized spacial score (nSPS) is 15.2. The Morgan fingerprint density at radius 2 is 2.22 bits per heavy atom. The molecule has 2 aromatic rings. The van der Waals surface area contributed by atoms with Crippen molar-refractivity contribution in [1.82, 2.24) is 15.3 Å². The van der Waals surface area contributed by atoms with Crippen molar-refractivity contribution in [2.45, 2.75) is 38.6 Å². The summed E-state index contributed by atoms with van der Waals surface area (Å²) in [5.74, 6) is 0.732. The number of nitrogens with zero attached hydrogens (tertiary/aromatic N) is 2. The smallest absolute Gasteiger partial charge is 0.0991 e. The zero-order valence-electron chi connectivity index (χ0n) is 10.7. The average molecular weight is 279 g/mol. The first-order chi connectivity index (χ1) is 8.76. The summed E-state index contributed by atoms with van der Waals surface area (Å²) in [5.41, 5.74) is 2.50. The minimum Gasteiger partial charge on any atom is -0.315 e. The van der Waals surface area contributed by atoms with Crippen LogP contribution in [0.3, 0.4) is 0 Å². The third kappa shape index (κ3) is 2.63. The topological polar surface area (TPSA) is 37.8 Å². The van der Waals surface area contributed by atoms with Crippen molar-refractivity contribution in [3.05, 3.63) is 31.7 Å². The lowest BCUT2D eigenvalue weighted by atomic mass is 10.2. The predicted octanol–water partition coefficient (Wildman–Crippen LogP) is 3.10. The van der Waals surface area contributed by atoms with Gasteiger partial charge in [0.1, 0.15) is 0 Å². The van der Waals surface area contributed by atoms with Gasteiger partial charge in [-0.25, -0.2) is 9.97 Å². The van der Waals surface area contributed by atoms with Crippen molar-refractivity contribution < 1.29 is 0 Å². The van der Waals surface area contributed by atoms with Gasteiger partial charge >= 0.3 is 0 Å². The van der Waals surface area contributed by atoms with Crippen LogP contribution in [0.5, 0.6) is 0 Å². The van der Waals surface area contributed by atoms with Crippen molar-refractivity contribution in [1.29, 1.82) is 0 Å². The largest absolute Gasteiger partial charge is 0.315 e. The summed E-state index contributed by atoms with van der Waals surface area (Å²) in [7, 11) is 2.00. The predicted molar refractivity (Wildman–Crippen MR) is 76.5 cm³/mol. The van der Waals surface area contributed by atoms with Gasteiger partial charge in [0.15, 0.2) is 0 Å². The van der Waals surface area contributed by atoms with Gasteiger partial charge in [0.05, 0.1) is 21.4 Å². The number of hydrogen-bond acceptors (Lipinski definition) is 5. The van der Waals surface area contributed by atoms with Gasteiger partial charge in [0.25, 0.3) is 0 Å². The monoisotopic (exact) mass is 279 g/mol. The highest BCUT2D eigenvalue weighted by molar-refractivity contribution is 7.11. The highest BCUT2D eigenvalue weighted by Crippen LogP contribution is 2.42. The Morgan fingerprint density at radius 1 is 1.39 bits per heavy atom. The number of nitrogens with one attached hydrogen (secondary N) is 1. The molecule has 0 unspecified atom stereocenters. The van der Waals surface area contributed by atoms with E-state index in [1.54, 1.807) is 11.3 Å². The number of hydrogen-bond donors (Lipinski definition) is 1. The molecule has 96 valence electrons. The van der Waals surface area contributed by atoms with Gasteiger partial charge in [-0.15, -0.1) is 22.7 Å². The molecule has 2 aromatic heterocycles. The summed E-state index contributed by atoms with van der Waals surface area (Å²) in [6.45, 7) is 3.00. The molecule has 1 aliphatic carbocycles. The highest BCUT2D eigenvalue weighted by Gasteiger charge is 2.29. The maximum absolute atomic E-state index is 4.84. The third-order valence-corrected chi connectivity index (χ3v) is 4.97. The van der Waals surface area contributed by atoms with Crippen LogP contribution in [0.15, 0.2) is 5.38 Å². The molecule has 0 atom stereocenters. The van der Waals surface area contributed by atoms with Gasteiger partial charge in [0.2, 0.25) is 0 Å². The summed E-state index contributed by atoms with van der Waals surface area (Å²) in [6.07, 6.45) is 3.52. The number of rotatable bonds is 5. The molecule has 18 heavy (non-hydrogen) atoms. The zero-order valence-corrected chi connectivity index (χ0v) is 12.3. The van der Waals surface area contributed by atoms with Crippen molar-refractivity contribution in [2.24, 2.45) is 0 Å². The Kier molecular flexibility index (Phi) is 3.46. The highest BCUT2D eigenvalue weighted by atomic mass is 32.1. The van der Waals surface area contributed by atoms with E-state index in [2.05, 4.69) is 22.6 Å². The SMILES string of the molecule is CNCc1sc(Cc2csc(C)n2)nc1C1CC1. The van der Waals surface area contributed by atoms with Gasteiger partial charge in [-0.1, -0.05) is 0 Å². The zero-order chi connectivity index (χ0) is 12.5. The second-order valence-electron chi connectivity index (χ2n) is 4.76. The molecule has 3 nitrogen and oxygen atoms in total. The maximum atomic E-state index is 4.84. The molecule has 3 rings (SSSR count). The molecule has 1 fully saturated rings. The van der Waals surface area contributed by atoms with Crippen LogP contribution in [-0.2, 0) is 13.0 Å². The van der Waals surface area contributed by atoms with E-state index < -0.39 is 0 Å². The Morgan fingerprint density at radius 3 is 2.83 bits per heavy atom. The fourth-order valence-corrected chi connectivity index (χ4v) is 3.89. The van der Waals surface area contributed by atoms with Crippen LogP contribution >= 0.6 is 22.7 Å². The van der Waals surface area contributed by atoms with Crippen LogP contribution in [-0.4, -0.2) is 17.0 Å². The van der Waals surface area contributed by atoms with Crippen LogP contribution in [0.2, 0.25) is 0 Å². The second-order valence-corrected chi connectivity index (χ2v) is 6.99. The van der Waals surface area contributed by atoms with Crippen molar-refractivity contribution in [2.75, 3.05) is 7.05 Å². The van der Waals surface area contributed by atoms with Crippen LogP contribution in [0, 0.1) is 6.92 Å². The first-order valence-corrected chi connectivity index (χ1v) is 8.00. The quantitative estimate of drug-likeness (QED) is 0.914. The number of aryl methyl sites for hydroxylation is 1. The van der Waals surface area contributed by atoms with Crippen LogP contribution < -0.4 is 5.32 Å². The molecule has 0 saturated heterocycles. The molecule has 2 heterocycles. The van der Waals surface area contributed by atoms with Crippen molar-refractivity contribution >= 4 is 22.7 Å². The molecule has 1 N–H and O–H groups in total. The molecule has 0 aliphatic heterocycles. The molecule has 5 heteroatoms. The van der Waals surface area contributed by atoms with Gasteiger partial charge in [-0.2, -0.15) is 0 Å². The summed E-state index contributed by atoms with van der Waals surface area (Å²) in [6, 6.07) is 0. The fourth-order valence-electron chi connectivity index (χ4n) is 2.10. The molecule has 0 aromatic carbocycles. The molecular formula is C13H17N3S2. The maximum Gasteiger partial charge on any atom is 0.0991 e. The first-order valence-electron chi connectivity index (χ1n) is 6.30. The summed E-state index contributed by atoms with van der Waals surface area (Å²) in [5, 5.41) is 7.74. The van der Waals surface area contributed by atoms with E-state index in [-0.39, 0.29) is 0 Å². The summed E-state index contributed by atoms with van der Waals surface area (Å²) < 4.78 is 0. The van der Waals surface area contributed by atoms with E-state index in [0.717, 1.165) is 29.6 Å². The summed E-state index contributed by atoms with van der Waals surface area (Å²) >= 11 is 3.56. The van der Waals surface area contributed by atoms with Crippen molar-refractivity contribution in [3.8, 4) is 0 Å². The minimum absolute atomic E-state index is 0.732. The lowest BCUT2D eigenvalue weighted by Gasteiger charge is -1.97. The molecule has 1 saturated carbocycles. The van der Waals surface area contributed by atoms with E-state index in [1.807, 2.05) is 18.4 Å². The van der Waals surface area contributed by atoms with Gasteiger partial charge < -0.3 is 5.32 Å². The number of aromatic nitrogens is 2. The standard InChI is InChI=1S/C13H17N3S2/c1-8-15-10(7-17-8)5-12-16-13(9-3-4-9)11(18-12)6-14-2/h7,9,14H,3-6H2,1-2H3. The Bertz CT molecular complexity index is 540. The fraction of sp³-hybridized carbons (Fsp3) is 0.538. The molecule has 0 spiro atoms. The Hall–Kier alpha value is -0.780. The lowest BCUT2D eigenvalue weighted by Crippen LogP contribution is -2.05. The van der Waals surface area contributed by atoms with E-state index in [0.29, 0.717) is 0 Å². The van der Waals surface area contributed by atoms with Gasteiger partial charge in [-0.05, 0) is 26.8 Å². The first kappa shape index (κ1) is 12.3. The molecule has 0 amide bonds. The third-order valence-electron chi connectivity index (χ3n) is 3.07. The Balaban J connectivity index is 1.81. The average Bonchev–Trinajstić information content (AvgIpc) is 3.00. The lowest BCUT2D eigenvalue weighted by molar-refractivity contribution is 0.811. The van der Waals surface area contributed by atoms with E-state index >= 15 is 0 Å². The van der Waals surface area contributed by atoms with Crippen LogP contribution in [0.1, 0.15) is 45.0 Å². The van der Waals surface area contributed by atoms with E-state index in [4.69, 9.17) is 4.98 Å². The van der Waals surface area contributed by atoms with E-state index in [1.165, 1.54) is 28.4 Å². The van der Waals surface area contributed by atoms with E-state index in [9.17, 15) is 0 Å². The van der Waals surface area contributed by atoms with Gasteiger partial charge in [0, 0.05) is 29.1 Å².